The van der Waals surface area contributed by atoms with E-state index in [0.29, 0.717) is 23.5 Å². The van der Waals surface area contributed by atoms with Crippen molar-refractivity contribution in [3.8, 4) is 16.9 Å². The van der Waals surface area contributed by atoms with Crippen molar-refractivity contribution in [2.24, 2.45) is 11.8 Å². The number of ether oxygens (including phenoxy) is 7. The number of carbonyl (C=O) groups is 8. The minimum Gasteiger partial charge on any atom is -0.495 e. The molecule has 26 nitrogen and oxygen atoms in total. The van der Waals surface area contributed by atoms with Gasteiger partial charge in [0.05, 0.1) is 64.7 Å². The number of aliphatic hydroxyl groups is 1. The highest BCUT2D eigenvalue weighted by atomic mass is 35.5. The van der Waals surface area contributed by atoms with Crippen LogP contribution in [0.3, 0.4) is 0 Å². The van der Waals surface area contributed by atoms with Gasteiger partial charge in [-0.3, -0.25) is 29.3 Å². The Kier molecular flexibility index (Phi) is 24.6. The highest BCUT2D eigenvalue weighted by Crippen LogP contribution is 2.50. The molecule has 0 saturated carbocycles. The molecule has 0 unspecified atom stereocenters. The molecule has 3 aromatic carbocycles. The SMILES string of the molecule is COc1cc2cc(c1Cl)N(C)C(=O)C[C@H](OC(=O)[C@H](C)N(C)C(=O)CCOCCOCCNC(=O)[C@H](CCC(=O)O)NC(=O)CCn1c(CN(C)N(C)C(=O)OCC3c4ccccc4-c4ccccc43)cc3cccnc31)[C@@]1(C)O[C@H]1[C@H](C)[C@@H]1C[C@@](O)(NC(=O)O1)[C@H](C)/C=C/C=C(\C)C2. The van der Waals surface area contributed by atoms with Gasteiger partial charge in [0.2, 0.25) is 23.6 Å². The zero-order valence-electron chi connectivity index (χ0n) is 57.6. The Labute approximate surface area is 580 Å². The first-order valence-electron chi connectivity index (χ1n) is 33.2. The maximum Gasteiger partial charge on any atom is 0.424 e. The van der Waals surface area contributed by atoms with E-state index in [2.05, 4.69) is 45.2 Å². The van der Waals surface area contributed by atoms with Crippen LogP contribution in [0.2, 0.25) is 5.02 Å². The van der Waals surface area contributed by atoms with Gasteiger partial charge in [0.1, 0.15) is 58.6 Å². The molecule has 2 aromatic heterocycles. The summed E-state index contributed by atoms with van der Waals surface area (Å²) >= 11 is 6.84. The van der Waals surface area contributed by atoms with E-state index in [4.69, 9.17) is 44.8 Å². The molecule has 2 saturated heterocycles. The zero-order chi connectivity index (χ0) is 71.5. The summed E-state index contributed by atoms with van der Waals surface area (Å²) in [6, 6.07) is 23.0. The van der Waals surface area contributed by atoms with Crippen LogP contribution in [0, 0.1) is 11.8 Å². The first kappa shape index (κ1) is 74.3. The fourth-order valence-corrected chi connectivity index (χ4v) is 13.2. The lowest BCUT2D eigenvalue weighted by molar-refractivity contribution is -0.162. The third-order valence-corrected chi connectivity index (χ3v) is 19.5. The molecule has 9 atom stereocenters. The number of anilines is 1. The van der Waals surface area contributed by atoms with Crippen LogP contribution in [0.1, 0.15) is 101 Å². The van der Waals surface area contributed by atoms with Crippen LogP contribution >= 0.6 is 11.6 Å². The summed E-state index contributed by atoms with van der Waals surface area (Å²) in [5, 5.41) is 33.4. The molecule has 5 N–H and O–H groups in total. The molecule has 99 heavy (non-hydrogen) atoms. The maximum absolute atomic E-state index is 14.4. The van der Waals surface area contributed by atoms with Crippen LogP contribution in [0.15, 0.2) is 109 Å². The van der Waals surface area contributed by atoms with Crippen molar-refractivity contribution in [3.63, 3.8) is 0 Å². The Morgan fingerprint density at radius 2 is 1.62 bits per heavy atom. The number of amides is 6. The van der Waals surface area contributed by atoms with Gasteiger partial charge in [0.25, 0.3) is 0 Å². The summed E-state index contributed by atoms with van der Waals surface area (Å²) in [5.74, 6) is -4.93. The number of nitrogens with one attached hydrogen (secondary N) is 3. The van der Waals surface area contributed by atoms with E-state index in [0.717, 1.165) is 44.5 Å². The van der Waals surface area contributed by atoms with Crippen molar-refractivity contribution in [2.75, 3.05) is 79.8 Å². The van der Waals surface area contributed by atoms with Crippen molar-refractivity contribution in [2.45, 2.75) is 140 Å². The fraction of sp³-hybridized carbons (Fsp3) is 0.486. The number of allylic oxidation sites excluding steroid dienone is 3. The lowest BCUT2D eigenvalue weighted by atomic mass is 9.82. The van der Waals surface area contributed by atoms with Gasteiger partial charge in [-0.1, -0.05) is 97.8 Å². The van der Waals surface area contributed by atoms with Gasteiger partial charge in [-0.2, -0.15) is 0 Å². The van der Waals surface area contributed by atoms with E-state index in [1.807, 2.05) is 60.0 Å². The summed E-state index contributed by atoms with van der Waals surface area (Å²) in [6.45, 7) is 9.34. The maximum atomic E-state index is 14.4. The number of hydrazine groups is 1. The van der Waals surface area contributed by atoms with E-state index in [-0.39, 0.29) is 95.7 Å². The first-order valence-corrected chi connectivity index (χ1v) is 33.6. The number of carboxylic acid groups (broad SMARTS) is 1. The van der Waals surface area contributed by atoms with Crippen molar-refractivity contribution in [1.82, 2.24) is 40.4 Å². The van der Waals surface area contributed by atoms with E-state index < -0.39 is 108 Å². The molecule has 5 heterocycles. The number of halogens is 1. The molecule has 6 amide bonds. The van der Waals surface area contributed by atoms with Crippen molar-refractivity contribution >= 4 is 76.1 Å². The average molecular weight is 1390 g/mol. The molecule has 9 rings (SSSR count). The number of benzene rings is 3. The number of alkyl carbamates (subject to hydrolysis) is 1. The van der Waals surface area contributed by atoms with Gasteiger partial charge in [-0.25, -0.2) is 29.4 Å². The number of esters is 1. The number of hydrogen-bond donors (Lipinski definition) is 5. The van der Waals surface area contributed by atoms with Gasteiger partial charge in [0, 0.05) is 95.6 Å². The largest absolute Gasteiger partial charge is 0.495 e. The van der Waals surface area contributed by atoms with E-state index in [9.17, 15) is 48.6 Å². The number of pyridine rings is 1. The standard InChI is InChI=1S/C72H90ClN9O17/c1-43-17-15-18-44(2)72(92)40-58(97-69(90)77-72)45(3)65-71(5,99-65)59(39-62(85)80(8)56-36-47(35-43)37-57(93-10)64(56)73)98-68(89)46(4)79(7)61(84)27-31-94-33-34-95-32-29-75-67(88)55(24-25-63(86)87)76-60(83)26-30-82-49(38-48-19-16-28-74-66(48)82)41-78(6)81(9)70(91)96-42-54-52-22-13-11-20-50(52)51-21-12-14-23-53(51)54/h11-23,28,36-38,44-46,54-55,58-59,65,92H,24-27,29-35,39-42H2,1-10H3,(H,75,88)(H,76,83)(H,77,90)(H,86,87)/b18-15+,43-17+/t44-,45-,46+,55+,58+,59+,65+,71-,72+/m1/s1. The molecule has 0 radical (unpaired) electrons. The van der Waals surface area contributed by atoms with Crippen LogP contribution in [0.4, 0.5) is 15.3 Å². The molecule has 5 aromatic rings. The highest BCUT2D eigenvalue weighted by Gasteiger charge is 2.64. The summed E-state index contributed by atoms with van der Waals surface area (Å²) in [4.78, 5) is 114. The summed E-state index contributed by atoms with van der Waals surface area (Å²) in [7, 11) is 7.83. The highest BCUT2D eigenvalue weighted by molar-refractivity contribution is 6.35. The number of carbonyl (C=O) groups excluding carboxylic acids is 7. The zero-order valence-corrected chi connectivity index (χ0v) is 58.4. The van der Waals surface area contributed by atoms with Gasteiger partial charge >= 0.3 is 24.1 Å². The number of epoxide rings is 1. The number of aryl methyl sites for hydroxylation is 1. The minimum absolute atomic E-state index is 0.000999. The lowest BCUT2D eigenvalue weighted by Crippen LogP contribution is -2.60. The molecular weight excluding hydrogens is 1300 g/mol. The second-order valence-corrected chi connectivity index (χ2v) is 26.3. The van der Waals surface area contributed by atoms with Crippen LogP contribution < -0.4 is 25.6 Å². The Morgan fingerprint density at radius 3 is 2.31 bits per heavy atom. The van der Waals surface area contributed by atoms with E-state index in [1.54, 1.807) is 77.4 Å². The number of nitrogens with zero attached hydrogens (tertiary/aromatic N) is 6. The number of hydrogen-bond acceptors (Lipinski definition) is 18. The molecule has 3 aliphatic heterocycles. The molecule has 532 valence electrons. The lowest BCUT2D eigenvalue weighted by Gasteiger charge is -2.41. The molecule has 1 aliphatic carbocycles. The van der Waals surface area contributed by atoms with Gasteiger partial charge in [-0.15, -0.1) is 0 Å². The third-order valence-electron chi connectivity index (χ3n) is 19.2. The van der Waals surface area contributed by atoms with Gasteiger partial charge in [0.15, 0.2) is 0 Å². The molecule has 4 bridgehead atoms. The number of aromatic nitrogens is 2. The molecule has 4 aliphatic rings. The van der Waals surface area contributed by atoms with Crippen molar-refractivity contribution in [1.29, 1.82) is 0 Å². The summed E-state index contributed by atoms with van der Waals surface area (Å²) in [6.07, 6.45) is 2.24. The van der Waals surface area contributed by atoms with Gasteiger partial charge in [-0.05, 0) is 91.8 Å². The Morgan fingerprint density at radius 1 is 0.919 bits per heavy atom. The second kappa shape index (κ2) is 32.8. The Bertz CT molecular complexity index is 3820. The topological polar surface area (TPSA) is 312 Å². The van der Waals surface area contributed by atoms with Crippen LogP contribution in [-0.2, 0) is 76.7 Å². The third kappa shape index (κ3) is 17.9. The Hall–Kier alpha value is -8.92. The summed E-state index contributed by atoms with van der Waals surface area (Å²) in [5.41, 5.74) is 4.87. The van der Waals surface area contributed by atoms with Crippen molar-refractivity contribution < 1.29 is 81.7 Å². The average Bonchev–Trinajstić information content (AvgIpc) is 1.55. The summed E-state index contributed by atoms with van der Waals surface area (Å²) < 4.78 is 43.0. The number of aliphatic carboxylic acids is 1. The smallest absolute Gasteiger partial charge is 0.424 e. The Balaban J connectivity index is 0.723. The number of carboxylic acids is 1. The minimum atomic E-state index is -1.69. The number of fused-ring (bicyclic) bond motifs is 9. The van der Waals surface area contributed by atoms with E-state index in [1.165, 1.54) is 35.9 Å². The molecule has 2 fully saturated rings. The van der Waals surface area contributed by atoms with E-state index >= 15 is 0 Å². The fourth-order valence-electron chi connectivity index (χ4n) is 12.9. The first-order chi connectivity index (χ1) is 47.2. The monoisotopic (exact) mass is 1390 g/mol. The predicted octanol–water partition coefficient (Wildman–Crippen LogP) is 7.69. The molecule has 27 heteroatoms. The van der Waals surface area contributed by atoms with Crippen molar-refractivity contribution in [3.05, 3.63) is 136 Å². The number of methoxy groups -OCH3 is 1. The molecule has 0 spiro atoms. The van der Waals surface area contributed by atoms with Crippen LogP contribution in [-0.4, -0.2) is 199 Å². The normalized spacial score (nSPS) is 22.8. The second-order valence-electron chi connectivity index (χ2n) is 26.0. The van der Waals surface area contributed by atoms with Crippen LogP contribution in [0.5, 0.6) is 5.75 Å². The predicted molar refractivity (Wildman–Crippen MR) is 366 cm³/mol. The van der Waals surface area contributed by atoms with Gasteiger partial charge < -0.3 is 68.4 Å². The number of likely N-dealkylation sites (N-methyl/N-ethyl adjacent to an activating group) is 1. The molecular formula is C72H90ClN9O17. The number of rotatable bonds is 26. The van der Waals surface area contributed by atoms with Crippen LogP contribution in [0.25, 0.3) is 22.2 Å². The quantitative estimate of drug-likeness (QED) is 0.0116.